The number of unbranched alkanes of at least 4 members (excludes halogenated alkanes) is 4. The van der Waals surface area contributed by atoms with E-state index in [0.29, 0.717) is 10.8 Å². The molecule has 1 nitrogen and oxygen atoms in total. The fourth-order valence-electron chi connectivity index (χ4n) is 4.79. The molecule has 0 spiro atoms. The third-order valence-electron chi connectivity index (χ3n) is 5.90. The van der Waals surface area contributed by atoms with Crippen LogP contribution in [0.5, 0.6) is 0 Å². The maximum Gasteiger partial charge on any atom is 0.0175 e. The minimum Gasteiger partial charge on any atom is -0.313 e. The molecule has 0 heterocycles. The Morgan fingerprint density at radius 3 is 2.39 bits per heavy atom. The summed E-state index contributed by atoms with van der Waals surface area (Å²) >= 11 is 0. The summed E-state index contributed by atoms with van der Waals surface area (Å²) in [6, 6.07) is 0.759. The first kappa shape index (κ1) is 14.4. The molecule has 3 atom stereocenters. The summed E-state index contributed by atoms with van der Waals surface area (Å²) < 4.78 is 0. The Morgan fingerprint density at radius 1 is 1.06 bits per heavy atom. The summed E-state index contributed by atoms with van der Waals surface area (Å²) in [7, 11) is 0. The van der Waals surface area contributed by atoms with Crippen molar-refractivity contribution in [3.8, 4) is 0 Å². The van der Waals surface area contributed by atoms with E-state index in [-0.39, 0.29) is 0 Å². The summed E-state index contributed by atoms with van der Waals surface area (Å²) in [4.78, 5) is 0. The van der Waals surface area contributed by atoms with Gasteiger partial charge in [0.1, 0.15) is 0 Å². The van der Waals surface area contributed by atoms with Crippen molar-refractivity contribution in [3.63, 3.8) is 0 Å². The molecule has 0 aromatic carbocycles. The molecule has 1 N–H and O–H groups in total. The van der Waals surface area contributed by atoms with Crippen molar-refractivity contribution in [1.29, 1.82) is 0 Å². The van der Waals surface area contributed by atoms with Gasteiger partial charge in [0.2, 0.25) is 0 Å². The van der Waals surface area contributed by atoms with E-state index in [9.17, 15) is 0 Å². The lowest BCUT2D eigenvalue weighted by Gasteiger charge is -2.43. The van der Waals surface area contributed by atoms with Gasteiger partial charge in [-0.15, -0.1) is 0 Å². The van der Waals surface area contributed by atoms with Crippen molar-refractivity contribution in [2.75, 3.05) is 6.54 Å². The van der Waals surface area contributed by atoms with E-state index in [0.717, 1.165) is 12.0 Å². The van der Waals surface area contributed by atoms with Gasteiger partial charge >= 0.3 is 0 Å². The number of hydrogen-bond donors (Lipinski definition) is 1. The Morgan fingerprint density at radius 2 is 1.78 bits per heavy atom. The van der Waals surface area contributed by atoms with Crippen LogP contribution in [0.4, 0.5) is 0 Å². The molecule has 2 saturated carbocycles. The molecule has 0 aromatic heterocycles. The molecule has 0 aromatic rings. The summed E-state index contributed by atoms with van der Waals surface area (Å²) in [5.41, 5.74) is 1.12. The highest BCUT2D eigenvalue weighted by molar-refractivity contribution is 5.11. The summed E-state index contributed by atoms with van der Waals surface area (Å²) in [5, 5.41) is 3.92. The van der Waals surface area contributed by atoms with Gasteiger partial charge in [-0.3, -0.25) is 0 Å². The number of hydrogen-bond acceptors (Lipinski definition) is 1. The molecule has 0 saturated heterocycles. The molecule has 0 aliphatic heterocycles. The second-order valence-corrected chi connectivity index (χ2v) is 7.72. The molecule has 18 heavy (non-hydrogen) atoms. The minimum atomic E-state index is 0.524. The normalized spacial score (nSPS) is 37.3. The molecule has 2 aliphatic rings. The number of fused-ring (bicyclic) bond motifs is 2. The third kappa shape index (κ3) is 2.61. The molecule has 0 radical (unpaired) electrons. The fourth-order valence-corrected chi connectivity index (χ4v) is 4.79. The Labute approximate surface area is 114 Å². The molecule has 2 bridgehead atoms. The van der Waals surface area contributed by atoms with Crippen molar-refractivity contribution < 1.29 is 0 Å². The average molecular weight is 251 g/mol. The predicted octanol–water partition coefficient (Wildman–Crippen LogP) is 4.76. The lowest BCUT2D eigenvalue weighted by molar-refractivity contribution is 0.109. The Hall–Kier alpha value is -0.0400. The summed E-state index contributed by atoms with van der Waals surface area (Å²) in [6.07, 6.45) is 11.4. The van der Waals surface area contributed by atoms with Gasteiger partial charge in [-0.05, 0) is 49.0 Å². The highest BCUT2D eigenvalue weighted by Gasteiger charge is 2.58. The highest BCUT2D eigenvalue weighted by Crippen LogP contribution is 2.62. The van der Waals surface area contributed by atoms with Gasteiger partial charge in [-0.25, -0.2) is 0 Å². The molecule has 2 fully saturated rings. The van der Waals surface area contributed by atoms with E-state index in [1.165, 1.54) is 57.9 Å². The second kappa shape index (κ2) is 5.53. The molecule has 2 rings (SSSR count). The SMILES string of the molecule is CCCCCCCNC1C2(C)CCC(C2)C1(C)C. The lowest BCUT2D eigenvalue weighted by atomic mass is 9.68. The van der Waals surface area contributed by atoms with Crippen LogP contribution in [0.1, 0.15) is 79.1 Å². The molecule has 3 unspecified atom stereocenters. The van der Waals surface area contributed by atoms with Gasteiger partial charge in [0.25, 0.3) is 0 Å². The van der Waals surface area contributed by atoms with Gasteiger partial charge < -0.3 is 5.32 Å². The van der Waals surface area contributed by atoms with E-state index in [2.05, 4.69) is 33.0 Å². The van der Waals surface area contributed by atoms with Crippen molar-refractivity contribution in [3.05, 3.63) is 0 Å². The standard InChI is InChI=1S/C17H33N/c1-5-6-7-8-9-12-18-15-16(2,3)14-10-11-17(15,4)13-14/h14-15,18H,5-13H2,1-4H3. The van der Waals surface area contributed by atoms with E-state index < -0.39 is 0 Å². The van der Waals surface area contributed by atoms with Crippen LogP contribution in [-0.2, 0) is 0 Å². The van der Waals surface area contributed by atoms with E-state index in [4.69, 9.17) is 0 Å². The lowest BCUT2D eigenvalue weighted by Crippen LogP contribution is -2.50. The van der Waals surface area contributed by atoms with Crippen LogP contribution < -0.4 is 5.32 Å². The van der Waals surface area contributed by atoms with Crippen LogP contribution in [0.3, 0.4) is 0 Å². The summed E-state index contributed by atoms with van der Waals surface area (Å²) in [5.74, 6) is 0.972. The molecular weight excluding hydrogens is 218 g/mol. The quantitative estimate of drug-likeness (QED) is 0.643. The molecule has 1 heteroatoms. The molecule has 106 valence electrons. The van der Waals surface area contributed by atoms with Crippen LogP contribution in [0.15, 0.2) is 0 Å². The topological polar surface area (TPSA) is 12.0 Å². The smallest absolute Gasteiger partial charge is 0.0175 e. The van der Waals surface area contributed by atoms with Crippen LogP contribution >= 0.6 is 0 Å². The third-order valence-corrected chi connectivity index (χ3v) is 5.90. The van der Waals surface area contributed by atoms with Crippen LogP contribution in [0, 0.1) is 16.7 Å². The molecular formula is C17H33N. The zero-order valence-electron chi connectivity index (χ0n) is 13.0. The maximum atomic E-state index is 3.92. The largest absolute Gasteiger partial charge is 0.313 e. The predicted molar refractivity (Wildman–Crippen MR) is 79.8 cm³/mol. The Kier molecular flexibility index (Phi) is 4.41. The van der Waals surface area contributed by atoms with Crippen molar-refractivity contribution in [2.45, 2.75) is 85.1 Å². The van der Waals surface area contributed by atoms with Gasteiger partial charge in [0.05, 0.1) is 0 Å². The van der Waals surface area contributed by atoms with Crippen LogP contribution in [-0.4, -0.2) is 12.6 Å². The Balaban J connectivity index is 1.75. The first-order chi connectivity index (χ1) is 8.50. The zero-order valence-corrected chi connectivity index (χ0v) is 13.0. The first-order valence-electron chi connectivity index (χ1n) is 8.24. The van der Waals surface area contributed by atoms with E-state index in [1.54, 1.807) is 0 Å². The van der Waals surface area contributed by atoms with Crippen molar-refractivity contribution >= 4 is 0 Å². The molecule has 2 aliphatic carbocycles. The first-order valence-corrected chi connectivity index (χ1v) is 8.24. The highest BCUT2D eigenvalue weighted by atomic mass is 15.0. The van der Waals surface area contributed by atoms with Crippen molar-refractivity contribution in [1.82, 2.24) is 5.32 Å². The monoisotopic (exact) mass is 251 g/mol. The summed E-state index contributed by atoms with van der Waals surface area (Å²) in [6.45, 7) is 11.0. The minimum absolute atomic E-state index is 0.524. The van der Waals surface area contributed by atoms with Gasteiger partial charge in [-0.1, -0.05) is 53.4 Å². The average Bonchev–Trinajstić information content (AvgIpc) is 2.78. The fraction of sp³-hybridized carbons (Fsp3) is 1.00. The second-order valence-electron chi connectivity index (χ2n) is 7.72. The van der Waals surface area contributed by atoms with Gasteiger partial charge in [0.15, 0.2) is 0 Å². The van der Waals surface area contributed by atoms with Crippen molar-refractivity contribution in [2.24, 2.45) is 16.7 Å². The number of nitrogens with one attached hydrogen (secondary N) is 1. The van der Waals surface area contributed by atoms with Gasteiger partial charge in [-0.2, -0.15) is 0 Å². The van der Waals surface area contributed by atoms with Crippen LogP contribution in [0.2, 0.25) is 0 Å². The maximum absolute atomic E-state index is 3.92. The van der Waals surface area contributed by atoms with Crippen LogP contribution in [0.25, 0.3) is 0 Å². The molecule has 0 amide bonds. The Bertz CT molecular complexity index is 266. The van der Waals surface area contributed by atoms with E-state index in [1.807, 2.05) is 0 Å². The number of rotatable bonds is 7. The zero-order chi connectivity index (χ0) is 13.2. The van der Waals surface area contributed by atoms with E-state index >= 15 is 0 Å². The van der Waals surface area contributed by atoms with Gasteiger partial charge in [0, 0.05) is 6.04 Å².